The number of para-hydroxylation sites is 2. The lowest BCUT2D eigenvalue weighted by Crippen LogP contribution is -2.15. The van der Waals surface area contributed by atoms with Crippen LogP contribution in [0.1, 0.15) is 19.7 Å². The van der Waals surface area contributed by atoms with E-state index < -0.39 is 12.0 Å². The Labute approximate surface area is 117 Å². The molecule has 0 fully saturated rings. The van der Waals surface area contributed by atoms with Crippen molar-refractivity contribution in [2.24, 2.45) is 0 Å². The number of halogens is 3. The van der Waals surface area contributed by atoms with Gasteiger partial charge in [-0.05, 0) is 26.0 Å². The SMILES string of the molecule is CC(C)Nc1nc2ccccc2n2c(C(F)(F)F)nnc12. The summed E-state index contributed by atoms with van der Waals surface area (Å²) in [7, 11) is 0. The van der Waals surface area contributed by atoms with Crippen LogP contribution >= 0.6 is 0 Å². The Morgan fingerprint density at radius 3 is 2.52 bits per heavy atom. The zero-order valence-electron chi connectivity index (χ0n) is 11.3. The van der Waals surface area contributed by atoms with Gasteiger partial charge in [-0.15, -0.1) is 10.2 Å². The second kappa shape index (κ2) is 4.57. The van der Waals surface area contributed by atoms with Crippen molar-refractivity contribution < 1.29 is 13.2 Å². The van der Waals surface area contributed by atoms with Crippen LogP contribution in [-0.2, 0) is 6.18 Å². The quantitative estimate of drug-likeness (QED) is 0.789. The maximum Gasteiger partial charge on any atom is 0.452 e. The maximum atomic E-state index is 13.1. The highest BCUT2D eigenvalue weighted by atomic mass is 19.4. The Morgan fingerprint density at radius 2 is 1.86 bits per heavy atom. The van der Waals surface area contributed by atoms with E-state index in [0.717, 1.165) is 4.40 Å². The molecule has 1 N–H and O–H groups in total. The molecule has 21 heavy (non-hydrogen) atoms. The normalized spacial score (nSPS) is 12.5. The highest BCUT2D eigenvalue weighted by Gasteiger charge is 2.38. The first-order chi connectivity index (χ1) is 9.88. The van der Waals surface area contributed by atoms with Gasteiger partial charge in [0.15, 0.2) is 5.82 Å². The molecule has 0 amide bonds. The second-order valence-electron chi connectivity index (χ2n) is 4.93. The molecule has 0 unspecified atom stereocenters. The molecular formula is C13H12F3N5. The zero-order valence-corrected chi connectivity index (χ0v) is 11.3. The summed E-state index contributed by atoms with van der Waals surface area (Å²) < 4.78 is 40.3. The Hall–Kier alpha value is -2.38. The van der Waals surface area contributed by atoms with E-state index in [4.69, 9.17) is 0 Å². The fourth-order valence-corrected chi connectivity index (χ4v) is 2.14. The van der Waals surface area contributed by atoms with Gasteiger partial charge in [-0.2, -0.15) is 13.2 Å². The summed E-state index contributed by atoms with van der Waals surface area (Å²) in [4.78, 5) is 4.34. The van der Waals surface area contributed by atoms with Crippen LogP contribution in [-0.4, -0.2) is 25.6 Å². The van der Waals surface area contributed by atoms with E-state index in [9.17, 15) is 13.2 Å². The molecule has 0 radical (unpaired) electrons. The van der Waals surface area contributed by atoms with Crippen LogP contribution in [0.5, 0.6) is 0 Å². The first-order valence-corrected chi connectivity index (χ1v) is 6.35. The molecule has 0 saturated heterocycles. The van der Waals surface area contributed by atoms with Crippen molar-refractivity contribution in [2.75, 3.05) is 5.32 Å². The Morgan fingerprint density at radius 1 is 1.14 bits per heavy atom. The van der Waals surface area contributed by atoms with Gasteiger partial charge in [0, 0.05) is 6.04 Å². The zero-order chi connectivity index (χ0) is 15.2. The van der Waals surface area contributed by atoms with E-state index in [1.54, 1.807) is 24.3 Å². The molecule has 3 aromatic rings. The molecule has 0 spiro atoms. The number of hydrogen-bond acceptors (Lipinski definition) is 4. The third-order valence-corrected chi connectivity index (χ3v) is 2.91. The average molecular weight is 295 g/mol. The smallest absolute Gasteiger partial charge is 0.365 e. The van der Waals surface area contributed by atoms with E-state index >= 15 is 0 Å². The number of fused-ring (bicyclic) bond motifs is 3. The molecule has 0 aliphatic rings. The van der Waals surface area contributed by atoms with Crippen molar-refractivity contribution in [3.8, 4) is 0 Å². The van der Waals surface area contributed by atoms with E-state index in [1.807, 2.05) is 13.8 Å². The number of nitrogens with zero attached hydrogens (tertiary/aromatic N) is 4. The fourth-order valence-electron chi connectivity index (χ4n) is 2.14. The Kier molecular flexibility index (Phi) is 2.96. The number of benzene rings is 1. The molecule has 0 saturated carbocycles. The molecule has 0 aliphatic heterocycles. The number of anilines is 1. The summed E-state index contributed by atoms with van der Waals surface area (Å²) in [6.07, 6.45) is -4.58. The van der Waals surface area contributed by atoms with Crippen LogP contribution < -0.4 is 5.32 Å². The predicted molar refractivity (Wildman–Crippen MR) is 72.0 cm³/mol. The Bertz CT molecular complexity index is 807. The maximum absolute atomic E-state index is 13.1. The third-order valence-electron chi connectivity index (χ3n) is 2.91. The first-order valence-electron chi connectivity index (χ1n) is 6.35. The molecule has 110 valence electrons. The third kappa shape index (κ3) is 2.26. The minimum atomic E-state index is -4.58. The van der Waals surface area contributed by atoms with Crippen LogP contribution in [0.2, 0.25) is 0 Å². The number of hydrogen-bond donors (Lipinski definition) is 1. The summed E-state index contributed by atoms with van der Waals surface area (Å²) in [6.45, 7) is 3.74. The van der Waals surface area contributed by atoms with Crippen LogP contribution in [0.25, 0.3) is 16.7 Å². The van der Waals surface area contributed by atoms with E-state index in [-0.39, 0.29) is 17.5 Å². The predicted octanol–water partition coefficient (Wildman–Crippen LogP) is 3.12. The van der Waals surface area contributed by atoms with Crippen molar-refractivity contribution in [1.29, 1.82) is 0 Å². The highest BCUT2D eigenvalue weighted by Crippen LogP contribution is 2.31. The number of rotatable bonds is 2. The Balaban J connectivity index is 2.42. The van der Waals surface area contributed by atoms with Gasteiger partial charge in [0.05, 0.1) is 11.0 Å². The molecule has 0 bridgehead atoms. The van der Waals surface area contributed by atoms with Crippen LogP contribution in [0, 0.1) is 0 Å². The molecule has 2 heterocycles. The fraction of sp³-hybridized carbons (Fsp3) is 0.308. The monoisotopic (exact) mass is 295 g/mol. The highest BCUT2D eigenvalue weighted by molar-refractivity contribution is 5.83. The molecular weight excluding hydrogens is 283 g/mol. The molecule has 5 nitrogen and oxygen atoms in total. The van der Waals surface area contributed by atoms with Gasteiger partial charge < -0.3 is 5.32 Å². The lowest BCUT2D eigenvalue weighted by atomic mass is 10.3. The van der Waals surface area contributed by atoms with Crippen LogP contribution in [0.3, 0.4) is 0 Å². The van der Waals surface area contributed by atoms with Crippen molar-refractivity contribution in [3.63, 3.8) is 0 Å². The topological polar surface area (TPSA) is 55.1 Å². The minimum Gasteiger partial charge on any atom is -0.365 e. The van der Waals surface area contributed by atoms with Gasteiger partial charge in [-0.1, -0.05) is 12.1 Å². The summed E-state index contributed by atoms with van der Waals surface area (Å²) in [6, 6.07) is 6.60. The minimum absolute atomic E-state index is 0.00787. The lowest BCUT2D eigenvalue weighted by Gasteiger charge is -2.12. The van der Waals surface area contributed by atoms with Crippen LogP contribution in [0.15, 0.2) is 24.3 Å². The molecule has 0 aliphatic carbocycles. The van der Waals surface area contributed by atoms with Gasteiger partial charge in [0.1, 0.15) is 0 Å². The summed E-state index contributed by atoms with van der Waals surface area (Å²) >= 11 is 0. The van der Waals surface area contributed by atoms with E-state index in [0.29, 0.717) is 11.0 Å². The van der Waals surface area contributed by atoms with Gasteiger partial charge in [-0.25, -0.2) is 4.98 Å². The molecule has 1 aromatic carbocycles. The standard InChI is InChI=1S/C13H12F3N5/c1-7(2)17-10-11-19-20-12(13(14,15)16)21(11)9-6-4-3-5-8(9)18-10/h3-7H,1-2H3,(H,17,18). The van der Waals surface area contributed by atoms with Crippen LogP contribution in [0.4, 0.5) is 19.0 Å². The largest absolute Gasteiger partial charge is 0.452 e. The first kappa shape index (κ1) is 13.6. The molecule has 3 rings (SSSR count). The van der Waals surface area contributed by atoms with Crippen molar-refractivity contribution in [3.05, 3.63) is 30.1 Å². The number of nitrogens with one attached hydrogen (secondary N) is 1. The summed E-state index contributed by atoms with van der Waals surface area (Å²) in [5, 5.41) is 9.95. The molecule has 8 heteroatoms. The van der Waals surface area contributed by atoms with Crippen molar-refractivity contribution >= 4 is 22.5 Å². The van der Waals surface area contributed by atoms with Crippen molar-refractivity contribution in [2.45, 2.75) is 26.1 Å². The number of aromatic nitrogens is 4. The van der Waals surface area contributed by atoms with Gasteiger partial charge in [0.2, 0.25) is 11.5 Å². The lowest BCUT2D eigenvalue weighted by molar-refractivity contribution is -0.145. The van der Waals surface area contributed by atoms with Gasteiger partial charge in [-0.3, -0.25) is 4.40 Å². The van der Waals surface area contributed by atoms with Crippen molar-refractivity contribution in [1.82, 2.24) is 19.6 Å². The molecule has 2 aromatic heterocycles. The van der Waals surface area contributed by atoms with E-state index in [2.05, 4.69) is 20.5 Å². The van der Waals surface area contributed by atoms with Gasteiger partial charge in [0.25, 0.3) is 0 Å². The second-order valence-corrected chi connectivity index (χ2v) is 4.93. The van der Waals surface area contributed by atoms with Gasteiger partial charge >= 0.3 is 6.18 Å². The number of alkyl halides is 3. The average Bonchev–Trinajstić information content (AvgIpc) is 2.83. The van der Waals surface area contributed by atoms with E-state index in [1.165, 1.54) is 0 Å². The molecule has 0 atom stereocenters. The summed E-state index contributed by atoms with van der Waals surface area (Å²) in [5.74, 6) is -0.769. The summed E-state index contributed by atoms with van der Waals surface area (Å²) in [5.41, 5.74) is 0.826.